The summed E-state index contributed by atoms with van der Waals surface area (Å²) in [5, 5.41) is 5.54. The van der Waals surface area contributed by atoms with Gasteiger partial charge in [0.15, 0.2) is 0 Å². The van der Waals surface area contributed by atoms with E-state index >= 15 is 4.39 Å². The summed E-state index contributed by atoms with van der Waals surface area (Å²) in [5.74, 6) is -0.354. The van der Waals surface area contributed by atoms with E-state index in [1.165, 1.54) is 24.3 Å². The number of likely N-dealkylation sites (N-methyl/N-ethyl adjacent to an activating group) is 1. The Balaban J connectivity index is 1.18. The second-order valence-corrected chi connectivity index (χ2v) is 11.0. The number of nitrogens with one attached hydrogen (secondary N) is 2. The van der Waals surface area contributed by atoms with Gasteiger partial charge < -0.3 is 25.8 Å². The van der Waals surface area contributed by atoms with Crippen LogP contribution in [0.1, 0.15) is 30.0 Å². The number of hydrogen-bond acceptors (Lipinski definition) is 5. The van der Waals surface area contributed by atoms with Gasteiger partial charge in [-0.1, -0.05) is 12.1 Å². The molecule has 4 aromatic rings. The summed E-state index contributed by atoms with van der Waals surface area (Å²) in [6.07, 6.45) is 1.11. The fourth-order valence-corrected chi connectivity index (χ4v) is 5.48. The molecule has 0 radical (unpaired) electrons. The molecule has 220 valence electrons. The van der Waals surface area contributed by atoms with Crippen LogP contribution < -0.4 is 16.4 Å². The van der Waals surface area contributed by atoms with Crippen molar-refractivity contribution < 1.29 is 22.4 Å². The number of anilines is 3. The zero-order chi connectivity index (χ0) is 29.6. The number of halogens is 4. The summed E-state index contributed by atoms with van der Waals surface area (Å²) in [4.78, 5) is 21.0. The van der Waals surface area contributed by atoms with Crippen LogP contribution in [-0.4, -0.2) is 58.6 Å². The number of carbonyl (C=O) groups excluding carboxylic acids is 1. The fourth-order valence-electron chi connectivity index (χ4n) is 5.48. The van der Waals surface area contributed by atoms with E-state index in [0.717, 1.165) is 48.5 Å². The Morgan fingerprint density at radius 1 is 1.05 bits per heavy atom. The lowest BCUT2D eigenvalue weighted by Gasteiger charge is -2.33. The van der Waals surface area contributed by atoms with Crippen LogP contribution in [0.5, 0.6) is 0 Å². The van der Waals surface area contributed by atoms with Gasteiger partial charge in [-0.3, -0.25) is 4.90 Å². The van der Waals surface area contributed by atoms with Crippen molar-refractivity contribution in [3.05, 3.63) is 71.8 Å². The second kappa shape index (κ2) is 10.9. The van der Waals surface area contributed by atoms with Gasteiger partial charge in [0, 0.05) is 67.8 Å². The number of aromatic nitrogens is 2. The number of carbonyl (C=O) groups is 1. The highest BCUT2D eigenvalue weighted by molar-refractivity contribution is 6.03. The summed E-state index contributed by atoms with van der Waals surface area (Å²) in [7, 11) is 1.98. The van der Waals surface area contributed by atoms with E-state index in [1.54, 1.807) is 12.3 Å². The SMILES string of the molecule is CN1CCN(Cc2ccc(NC(=O)Nc3ccc(-c4cn(C5CC5)c5ccnc(N)c45)cc3F)cc2C(F)(F)F)CC1. The Bertz CT molecular complexity index is 1640. The van der Waals surface area contributed by atoms with Crippen LogP contribution in [0.15, 0.2) is 54.9 Å². The molecule has 1 aliphatic carbocycles. The van der Waals surface area contributed by atoms with Gasteiger partial charge in [-0.15, -0.1) is 0 Å². The molecule has 42 heavy (non-hydrogen) atoms. The fraction of sp³-hybridized carbons (Fsp3) is 0.333. The zero-order valence-electron chi connectivity index (χ0n) is 23.0. The van der Waals surface area contributed by atoms with E-state index < -0.39 is 23.6 Å². The van der Waals surface area contributed by atoms with Crippen molar-refractivity contribution in [2.24, 2.45) is 0 Å². The van der Waals surface area contributed by atoms with Gasteiger partial charge in [0.25, 0.3) is 0 Å². The monoisotopic (exact) mass is 581 g/mol. The molecule has 2 aromatic heterocycles. The highest BCUT2D eigenvalue weighted by Crippen LogP contribution is 2.43. The standard InChI is InChI=1S/C30H31F4N7O/c1-39-10-12-40(13-11-39)16-19-2-4-20(15-23(19)30(32,33)34)37-29(42)38-25-7-3-18(14-24(25)31)22-17-41(21-5-6-21)26-8-9-36-28(35)27(22)26/h2-4,7-9,14-15,17,21H,5-6,10-13,16H2,1H3,(H2,35,36)(H2,37,38,42). The topological polar surface area (TPSA) is 91.5 Å². The molecule has 2 aromatic carbocycles. The molecule has 0 unspecified atom stereocenters. The van der Waals surface area contributed by atoms with Gasteiger partial charge in [0.1, 0.15) is 11.6 Å². The van der Waals surface area contributed by atoms with Gasteiger partial charge in [0.2, 0.25) is 0 Å². The predicted molar refractivity (Wildman–Crippen MR) is 155 cm³/mol. The maximum absolute atomic E-state index is 15.2. The maximum atomic E-state index is 15.2. The third-order valence-electron chi connectivity index (χ3n) is 7.91. The van der Waals surface area contributed by atoms with Crippen molar-refractivity contribution in [2.45, 2.75) is 31.6 Å². The quantitative estimate of drug-likeness (QED) is 0.237. The molecule has 8 nitrogen and oxygen atoms in total. The largest absolute Gasteiger partial charge is 0.416 e. The number of urea groups is 1. The molecule has 3 heterocycles. The van der Waals surface area contributed by atoms with Gasteiger partial charge in [-0.05, 0) is 61.3 Å². The van der Waals surface area contributed by atoms with E-state index in [4.69, 9.17) is 5.73 Å². The molecule has 2 aliphatic rings. The lowest BCUT2D eigenvalue weighted by atomic mass is 10.0. The summed E-state index contributed by atoms with van der Waals surface area (Å²) >= 11 is 0. The minimum atomic E-state index is -4.60. The number of pyridine rings is 1. The van der Waals surface area contributed by atoms with Gasteiger partial charge in [-0.25, -0.2) is 14.2 Å². The van der Waals surface area contributed by atoms with E-state index in [9.17, 15) is 18.0 Å². The second-order valence-electron chi connectivity index (χ2n) is 11.0. The number of piperazine rings is 1. The first-order valence-corrected chi connectivity index (χ1v) is 13.8. The summed E-state index contributed by atoms with van der Waals surface area (Å²) in [5.41, 5.74) is 7.56. The van der Waals surface area contributed by atoms with Crippen LogP contribution in [0.3, 0.4) is 0 Å². The first-order valence-electron chi connectivity index (χ1n) is 13.8. The molecule has 4 N–H and O–H groups in total. The van der Waals surface area contributed by atoms with Gasteiger partial charge in [0.05, 0.1) is 16.8 Å². The third kappa shape index (κ3) is 5.77. The van der Waals surface area contributed by atoms with Crippen molar-refractivity contribution in [1.82, 2.24) is 19.4 Å². The minimum Gasteiger partial charge on any atom is -0.383 e. The molecule has 0 bridgehead atoms. The van der Waals surface area contributed by atoms with Crippen molar-refractivity contribution in [3.8, 4) is 11.1 Å². The molecular formula is C30H31F4N7O. The van der Waals surface area contributed by atoms with E-state index in [-0.39, 0.29) is 23.5 Å². The third-order valence-corrected chi connectivity index (χ3v) is 7.91. The van der Waals surface area contributed by atoms with E-state index in [2.05, 4.69) is 25.1 Å². The first kappa shape index (κ1) is 28.0. The lowest BCUT2D eigenvalue weighted by molar-refractivity contribution is -0.138. The van der Waals surface area contributed by atoms with Crippen LogP contribution in [-0.2, 0) is 12.7 Å². The Morgan fingerprint density at radius 3 is 2.50 bits per heavy atom. The zero-order valence-corrected chi connectivity index (χ0v) is 23.0. The molecule has 0 spiro atoms. The smallest absolute Gasteiger partial charge is 0.383 e. The summed E-state index contributed by atoms with van der Waals surface area (Å²) in [6, 6.07) is 9.48. The molecule has 6 rings (SSSR count). The number of fused-ring (bicyclic) bond motifs is 1. The normalized spacial score (nSPS) is 16.6. The number of benzene rings is 2. The van der Waals surface area contributed by atoms with Crippen LogP contribution >= 0.6 is 0 Å². The molecule has 1 aliphatic heterocycles. The molecule has 2 fully saturated rings. The average molecular weight is 582 g/mol. The maximum Gasteiger partial charge on any atom is 0.416 e. The molecule has 12 heteroatoms. The highest BCUT2D eigenvalue weighted by atomic mass is 19.4. The van der Waals surface area contributed by atoms with Crippen LogP contribution in [0.25, 0.3) is 22.0 Å². The number of amides is 2. The Morgan fingerprint density at radius 2 is 1.81 bits per heavy atom. The van der Waals surface area contributed by atoms with Crippen LogP contribution in [0.4, 0.5) is 39.5 Å². The van der Waals surface area contributed by atoms with Crippen LogP contribution in [0.2, 0.25) is 0 Å². The predicted octanol–water partition coefficient (Wildman–Crippen LogP) is 6.17. The van der Waals surface area contributed by atoms with Gasteiger partial charge in [-0.2, -0.15) is 13.2 Å². The molecule has 2 amide bonds. The number of hydrogen-bond donors (Lipinski definition) is 3. The Kier molecular flexibility index (Phi) is 7.27. The summed E-state index contributed by atoms with van der Waals surface area (Å²) < 4.78 is 59.1. The average Bonchev–Trinajstić information content (AvgIpc) is 3.71. The number of nitrogen functional groups attached to an aromatic ring is 1. The Hall–Kier alpha value is -4.16. The molecular weight excluding hydrogens is 550 g/mol. The molecule has 0 atom stereocenters. The number of nitrogens with two attached hydrogens (primary N) is 1. The van der Waals surface area contributed by atoms with Crippen molar-refractivity contribution in [3.63, 3.8) is 0 Å². The van der Waals surface area contributed by atoms with E-state index in [1.807, 2.05) is 24.2 Å². The molecule has 1 saturated carbocycles. The Labute approximate surface area is 240 Å². The number of alkyl halides is 3. The highest BCUT2D eigenvalue weighted by Gasteiger charge is 2.34. The van der Waals surface area contributed by atoms with Gasteiger partial charge >= 0.3 is 12.2 Å². The number of rotatable bonds is 6. The van der Waals surface area contributed by atoms with Crippen LogP contribution in [0, 0.1) is 5.82 Å². The van der Waals surface area contributed by atoms with Crippen molar-refractivity contribution in [2.75, 3.05) is 49.6 Å². The first-order chi connectivity index (χ1) is 20.1. The van der Waals surface area contributed by atoms with Crippen molar-refractivity contribution >= 4 is 34.1 Å². The summed E-state index contributed by atoms with van der Waals surface area (Å²) in [6.45, 7) is 3.08. The molecule has 1 saturated heterocycles. The lowest BCUT2D eigenvalue weighted by Crippen LogP contribution is -2.44. The van der Waals surface area contributed by atoms with Crippen molar-refractivity contribution in [1.29, 1.82) is 0 Å². The minimum absolute atomic E-state index is 0.0464. The number of nitrogens with zero attached hydrogens (tertiary/aromatic N) is 4. The van der Waals surface area contributed by atoms with E-state index in [0.29, 0.717) is 30.5 Å².